The van der Waals surface area contributed by atoms with Gasteiger partial charge in [-0.3, -0.25) is 0 Å². The van der Waals surface area contributed by atoms with Crippen molar-refractivity contribution in [2.45, 2.75) is 32.2 Å². The summed E-state index contributed by atoms with van der Waals surface area (Å²) in [6.07, 6.45) is 3.39. The van der Waals surface area contributed by atoms with E-state index in [1.807, 2.05) is 0 Å². The van der Waals surface area contributed by atoms with Crippen LogP contribution in [0.2, 0.25) is 0 Å². The Hall–Kier alpha value is -2.13. The van der Waals surface area contributed by atoms with E-state index in [1.54, 1.807) is 13.0 Å². The molecule has 1 unspecified atom stereocenters. The minimum atomic E-state index is -0.458. The summed E-state index contributed by atoms with van der Waals surface area (Å²) in [6.45, 7) is 3.49. The van der Waals surface area contributed by atoms with Crippen LogP contribution in [0.1, 0.15) is 40.9 Å². The smallest absolute Gasteiger partial charge is 0.339 e. The number of pyridine rings is 1. The number of anilines is 1. The number of aromatic nitrogens is 1. The van der Waals surface area contributed by atoms with Crippen molar-refractivity contribution in [3.8, 4) is 6.07 Å². The highest BCUT2D eigenvalue weighted by molar-refractivity contribution is 5.91. The highest BCUT2D eigenvalue weighted by atomic mass is 16.5. The van der Waals surface area contributed by atoms with Crippen molar-refractivity contribution in [1.82, 2.24) is 9.88 Å². The fraction of sp³-hybridized carbons (Fsp3) is 0.588. The van der Waals surface area contributed by atoms with Crippen LogP contribution >= 0.6 is 0 Å². The molecule has 6 heteroatoms. The van der Waals surface area contributed by atoms with Crippen LogP contribution in [0.3, 0.4) is 0 Å². The van der Waals surface area contributed by atoms with Gasteiger partial charge < -0.3 is 14.5 Å². The lowest BCUT2D eigenvalue weighted by atomic mass is 10.1. The number of rotatable bonds is 3. The monoisotopic (exact) mass is 316 g/mol. The van der Waals surface area contributed by atoms with E-state index >= 15 is 0 Å². The lowest BCUT2D eigenvalue weighted by Gasteiger charge is -2.30. The normalized spacial score (nSPS) is 18.4. The predicted molar refractivity (Wildman–Crippen MR) is 88.6 cm³/mol. The third kappa shape index (κ3) is 3.80. The average molecular weight is 316 g/mol. The molecule has 0 radical (unpaired) electrons. The summed E-state index contributed by atoms with van der Waals surface area (Å²) in [5.74, 6) is 0.214. The van der Waals surface area contributed by atoms with Gasteiger partial charge in [-0.1, -0.05) is 6.42 Å². The highest BCUT2D eigenvalue weighted by Gasteiger charge is 2.24. The number of carbonyl (C=O) groups excluding carboxylic acids is 1. The van der Waals surface area contributed by atoms with Gasteiger partial charge in [-0.05, 0) is 39.9 Å². The number of nitrogens with zero attached hydrogens (tertiary/aromatic N) is 4. The lowest BCUT2D eigenvalue weighted by molar-refractivity contribution is 0.0599. The average Bonchev–Trinajstić information content (AvgIpc) is 2.80. The molecule has 6 nitrogen and oxygen atoms in total. The van der Waals surface area contributed by atoms with Crippen molar-refractivity contribution in [3.63, 3.8) is 0 Å². The molecule has 23 heavy (non-hydrogen) atoms. The number of carbonyl (C=O) groups is 1. The van der Waals surface area contributed by atoms with Gasteiger partial charge in [-0.15, -0.1) is 0 Å². The van der Waals surface area contributed by atoms with E-state index in [4.69, 9.17) is 4.74 Å². The Balaban J connectivity index is 2.40. The van der Waals surface area contributed by atoms with E-state index < -0.39 is 5.97 Å². The molecule has 1 aliphatic heterocycles. The van der Waals surface area contributed by atoms with Gasteiger partial charge in [0, 0.05) is 19.1 Å². The van der Waals surface area contributed by atoms with Gasteiger partial charge in [0.1, 0.15) is 11.9 Å². The second-order valence-corrected chi connectivity index (χ2v) is 6.16. The standard InChI is InChI=1S/C17H24N4O2/c1-12-15(17(22)23-4)9-13(10-18)16(19-12)21-8-6-5-7-14(11-21)20(2)3/h9,14H,5-8,11H2,1-4H3. The molecule has 0 aromatic carbocycles. The Morgan fingerprint density at radius 3 is 2.83 bits per heavy atom. The Labute approximate surface area is 137 Å². The summed E-state index contributed by atoms with van der Waals surface area (Å²) in [6, 6.07) is 4.21. The van der Waals surface area contributed by atoms with Crippen LogP contribution in [0.15, 0.2) is 6.07 Å². The molecule has 1 aromatic heterocycles. The second-order valence-electron chi connectivity index (χ2n) is 6.16. The summed E-state index contributed by atoms with van der Waals surface area (Å²) in [5.41, 5.74) is 1.37. The van der Waals surface area contributed by atoms with Gasteiger partial charge in [-0.25, -0.2) is 9.78 Å². The Morgan fingerprint density at radius 1 is 1.48 bits per heavy atom. The van der Waals surface area contributed by atoms with Crippen LogP contribution in [-0.2, 0) is 4.74 Å². The molecule has 0 spiro atoms. The maximum atomic E-state index is 11.8. The SMILES string of the molecule is COC(=O)c1cc(C#N)c(N2CCCCC(N(C)C)C2)nc1C. The first-order valence-electron chi connectivity index (χ1n) is 7.89. The first-order chi connectivity index (χ1) is 11.0. The number of hydrogen-bond acceptors (Lipinski definition) is 6. The van der Waals surface area contributed by atoms with Crippen LogP contribution in [0.5, 0.6) is 0 Å². The molecule has 1 aromatic rings. The van der Waals surface area contributed by atoms with Crippen LogP contribution in [0.4, 0.5) is 5.82 Å². The Bertz CT molecular complexity index is 622. The van der Waals surface area contributed by atoms with Gasteiger partial charge in [0.05, 0.1) is 23.9 Å². The summed E-state index contributed by atoms with van der Waals surface area (Å²) < 4.78 is 4.76. The topological polar surface area (TPSA) is 69.5 Å². The van der Waals surface area contributed by atoms with E-state index in [-0.39, 0.29) is 0 Å². The Kier molecular flexibility index (Phi) is 5.56. The van der Waals surface area contributed by atoms with Crippen LogP contribution in [-0.4, -0.2) is 56.2 Å². The summed E-state index contributed by atoms with van der Waals surface area (Å²) >= 11 is 0. The van der Waals surface area contributed by atoms with E-state index in [0.717, 1.165) is 25.9 Å². The number of methoxy groups -OCH3 is 1. The molecule has 1 fully saturated rings. The predicted octanol–water partition coefficient (Wildman–Crippen LogP) is 1.97. The van der Waals surface area contributed by atoms with E-state index in [2.05, 4.69) is 34.9 Å². The number of hydrogen-bond donors (Lipinski definition) is 0. The molecule has 2 heterocycles. The first-order valence-corrected chi connectivity index (χ1v) is 7.89. The zero-order valence-electron chi connectivity index (χ0n) is 14.3. The maximum absolute atomic E-state index is 11.8. The molecule has 2 rings (SSSR count). The fourth-order valence-corrected chi connectivity index (χ4v) is 2.97. The number of ether oxygens (including phenoxy) is 1. The molecule has 0 bridgehead atoms. The van der Waals surface area contributed by atoms with E-state index in [0.29, 0.717) is 28.7 Å². The maximum Gasteiger partial charge on any atom is 0.339 e. The van der Waals surface area contributed by atoms with Gasteiger partial charge in [-0.2, -0.15) is 5.26 Å². The minimum absolute atomic E-state index is 0.354. The van der Waals surface area contributed by atoms with Crippen molar-refractivity contribution in [2.75, 3.05) is 39.2 Å². The van der Waals surface area contributed by atoms with Crippen LogP contribution in [0, 0.1) is 18.3 Å². The zero-order chi connectivity index (χ0) is 17.0. The number of esters is 1. The third-order valence-electron chi connectivity index (χ3n) is 4.40. The summed E-state index contributed by atoms with van der Waals surface area (Å²) in [4.78, 5) is 20.7. The molecule has 0 aliphatic carbocycles. The second kappa shape index (κ2) is 7.42. The number of likely N-dealkylation sites (N-methyl/N-ethyl adjacent to an activating group) is 1. The van der Waals surface area contributed by atoms with E-state index in [9.17, 15) is 10.1 Å². The molecule has 1 saturated heterocycles. The molecular formula is C17H24N4O2. The zero-order valence-corrected chi connectivity index (χ0v) is 14.3. The van der Waals surface area contributed by atoms with Gasteiger partial charge in [0.25, 0.3) is 0 Å². The molecule has 1 aliphatic rings. The fourth-order valence-electron chi connectivity index (χ4n) is 2.97. The highest BCUT2D eigenvalue weighted by Crippen LogP contribution is 2.25. The summed E-state index contributed by atoms with van der Waals surface area (Å²) in [5, 5.41) is 9.49. The van der Waals surface area contributed by atoms with E-state index in [1.165, 1.54) is 13.5 Å². The van der Waals surface area contributed by atoms with Crippen LogP contribution < -0.4 is 4.90 Å². The molecule has 124 valence electrons. The minimum Gasteiger partial charge on any atom is -0.465 e. The Morgan fingerprint density at radius 2 is 2.22 bits per heavy atom. The first kappa shape index (κ1) is 17.2. The van der Waals surface area contributed by atoms with Crippen molar-refractivity contribution in [3.05, 3.63) is 22.9 Å². The summed E-state index contributed by atoms with van der Waals surface area (Å²) in [7, 11) is 5.50. The van der Waals surface area contributed by atoms with Crippen molar-refractivity contribution in [2.24, 2.45) is 0 Å². The number of aryl methyl sites for hydroxylation is 1. The quantitative estimate of drug-likeness (QED) is 0.794. The van der Waals surface area contributed by atoms with Crippen molar-refractivity contribution < 1.29 is 9.53 Å². The van der Waals surface area contributed by atoms with Crippen LogP contribution in [0.25, 0.3) is 0 Å². The molecule has 0 amide bonds. The van der Waals surface area contributed by atoms with Gasteiger partial charge in [0.2, 0.25) is 0 Å². The molecule has 0 saturated carbocycles. The molecule has 0 N–H and O–H groups in total. The van der Waals surface area contributed by atoms with Gasteiger partial charge >= 0.3 is 5.97 Å². The van der Waals surface area contributed by atoms with Gasteiger partial charge in [0.15, 0.2) is 0 Å². The molecule has 1 atom stereocenters. The van der Waals surface area contributed by atoms with Crippen molar-refractivity contribution in [1.29, 1.82) is 5.26 Å². The van der Waals surface area contributed by atoms with Crippen molar-refractivity contribution >= 4 is 11.8 Å². The lowest BCUT2D eigenvalue weighted by Crippen LogP contribution is -2.39. The largest absolute Gasteiger partial charge is 0.465 e. The molecular weight excluding hydrogens is 292 g/mol. The third-order valence-corrected chi connectivity index (χ3v) is 4.40. The number of nitriles is 1.